The molecule has 0 aliphatic heterocycles. The van der Waals surface area contributed by atoms with E-state index < -0.39 is 0 Å². The van der Waals surface area contributed by atoms with Crippen molar-refractivity contribution < 1.29 is 4.79 Å². The molecule has 90 valence electrons. The van der Waals surface area contributed by atoms with Crippen molar-refractivity contribution in [1.29, 1.82) is 0 Å². The summed E-state index contributed by atoms with van der Waals surface area (Å²) in [6.07, 6.45) is 6.65. The Morgan fingerprint density at radius 3 is 2.72 bits per heavy atom. The smallest absolute Gasteiger partial charge is 0.248 e. The van der Waals surface area contributed by atoms with Crippen LogP contribution in [0.2, 0.25) is 0 Å². The number of carbonyl (C=O) groups excluding carboxylic acids is 1. The fourth-order valence-corrected chi connectivity index (χ4v) is 1.55. The Balaban J connectivity index is 1.99. The first-order valence-electron chi connectivity index (χ1n) is 5.70. The van der Waals surface area contributed by atoms with Gasteiger partial charge in [0.25, 0.3) is 0 Å². The number of nitrogens with zero attached hydrogens (tertiary/aromatic N) is 1. The average molecular weight is 238 g/mol. The van der Waals surface area contributed by atoms with Crippen molar-refractivity contribution in [3.05, 3.63) is 66.0 Å². The summed E-state index contributed by atoms with van der Waals surface area (Å²) in [6, 6.07) is 11.4. The minimum absolute atomic E-state index is 0.141. The molecular weight excluding hydrogens is 224 g/mol. The van der Waals surface area contributed by atoms with Crippen LogP contribution in [0.25, 0.3) is 6.08 Å². The predicted molar refractivity (Wildman–Crippen MR) is 73.1 cm³/mol. The summed E-state index contributed by atoms with van der Waals surface area (Å²) in [5.74, 6) is -0.141. The number of anilines is 1. The second-order valence-corrected chi connectivity index (χ2v) is 3.97. The molecule has 0 unspecified atom stereocenters. The first kappa shape index (κ1) is 12.0. The Labute approximate surface area is 106 Å². The Hall–Kier alpha value is -2.42. The molecule has 1 aromatic carbocycles. The minimum Gasteiger partial charge on any atom is -0.323 e. The van der Waals surface area contributed by atoms with E-state index in [9.17, 15) is 4.79 Å². The normalized spacial score (nSPS) is 10.5. The number of carbonyl (C=O) groups is 1. The number of nitrogens with one attached hydrogen (secondary N) is 1. The zero-order valence-electron chi connectivity index (χ0n) is 10.1. The van der Waals surface area contributed by atoms with Crippen LogP contribution in [-0.2, 0) is 4.79 Å². The molecule has 0 aliphatic carbocycles. The van der Waals surface area contributed by atoms with Crippen LogP contribution in [0, 0.1) is 6.92 Å². The summed E-state index contributed by atoms with van der Waals surface area (Å²) >= 11 is 0. The highest BCUT2D eigenvalue weighted by molar-refractivity contribution is 6.01. The summed E-state index contributed by atoms with van der Waals surface area (Å²) in [4.78, 5) is 15.6. The lowest BCUT2D eigenvalue weighted by atomic mass is 10.2. The van der Waals surface area contributed by atoms with Crippen LogP contribution < -0.4 is 5.32 Å². The summed E-state index contributed by atoms with van der Waals surface area (Å²) in [6.45, 7) is 1.99. The molecule has 0 saturated carbocycles. The van der Waals surface area contributed by atoms with Crippen LogP contribution >= 0.6 is 0 Å². The van der Waals surface area contributed by atoms with Crippen LogP contribution in [0.5, 0.6) is 0 Å². The first-order valence-corrected chi connectivity index (χ1v) is 5.70. The van der Waals surface area contributed by atoms with Crippen molar-refractivity contribution >= 4 is 17.7 Å². The molecule has 3 heteroatoms. The van der Waals surface area contributed by atoms with E-state index in [-0.39, 0.29) is 5.91 Å². The third-order valence-electron chi connectivity index (χ3n) is 2.42. The molecule has 18 heavy (non-hydrogen) atoms. The van der Waals surface area contributed by atoms with Crippen LogP contribution in [-0.4, -0.2) is 10.9 Å². The first-order chi connectivity index (χ1) is 8.74. The zero-order valence-corrected chi connectivity index (χ0v) is 10.1. The van der Waals surface area contributed by atoms with E-state index in [2.05, 4.69) is 10.3 Å². The monoisotopic (exact) mass is 238 g/mol. The molecule has 0 bridgehead atoms. The van der Waals surface area contributed by atoms with Crippen molar-refractivity contribution in [3.8, 4) is 0 Å². The molecule has 0 fully saturated rings. The molecule has 0 atom stereocenters. The molecule has 1 N–H and O–H groups in total. The lowest BCUT2D eigenvalue weighted by Crippen LogP contribution is -2.07. The summed E-state index contributed by atoms with van der Waals surface area (Å²) in [5.41, 5.74) is 2.87. The van der Waals surface area contributed by atoms with Gasteiger partial charge in [0.05, 0.1) is 0 Å². The van der Waals surface area contributed by atoms with E-state index >= 15 is 0 Å². The van der Waals surface area contributed by atoms with Gasteiger partial charge in [-0.1, -0.05) is 12.1 Å². The van der Waals surface area contributed by atoms with Crippen LogP contribution in [0.1, 0.15) is 11.1 Å². The van der Waals surface area contributed by atoms with Crippen LogP contribution in [0.15, 0.2) is 54.9 Å². The second kappa shape index (κ2) is 5.77. The lowest BCUT2D eigenvalue weighted by Gasteiger charge is -2.02. The number of hydrogen-bond donors (Lipinski definition) is 1. The predicted octanol–water partition coefficient (Wildman–Crippen LogP) is 3.04. The van der Waals surface area contributed by atoms with E-state index in [0.717, 1.165) is 16.8 Å². The fraction of sp³-hybridized carbons (Fsp3) is 0.0667. The maximum Gasteiger partial charge on any atom is 0.248 e. The molecule has 0 saturated heterocycles. The molecule has 2 rings (SSSR count). The summed E-state index contributed by atoms with van der Waals surface area (Å²) < 4.78 is 0. The molecule has 1 heterocycles. The number of aryl methyl sites for hydroxylation is 1. The molecule has 0 spiro atoms. The van der Waals surface area contributed by atoms with Gasteiger partial charge in [-0.05, 0) is 48.4 Å². The highest BCUT2D eigenvalue weighted by Gasteiger charge is 1.97. The highest BCUT2D eigenvalue weighted by atomic mass is 16.1. The standard InChI is InChI=1S/C15H14N2O/c1-12-3-2-4-14(11-12)17-15(18)6-5-13-7-9-16-10-8-13/h2-11H,1H3,(H,17,18)/b6-5+. The zero-order chi connectivity index (χ0) is 12.8. The average Bonchev–Trinajstić information content (AvgIpc) is 2.38. The number of amides is 1. The van der Waals surface area contributed by atoms with Gasteiger partial charge in [-0.15, -0.1) is 0 Å². The maximum absolute atomic E-state index is 11.7. The summed E-state index contributed by atoms with van der Waals surface area (Å²) in [5, 5.41) is 2.81. The van der Waals surface area contributed by atoms with Gasteiger partial charge < -0.3 is 5.32 Å². The Morgan fingerprint density at radius 2 is 2.00 bits per heavy atom. The Morgan fingerprint density at radius 1 is 1.22 bits per heavy atom. The van der Waals surface area contributed by atoms with Gasteiger partial charge in [-0.3, -0.25) is 9.78 Å². The largest absolute Gasteiger partial charge is 0.323 e. The van der Waals surface area contributed by atoms with Gasteiger partial charge in [-0.25, -0.2) is 0 Å². The van der Waals surface area contributed by atoms with Gasteiger partial charge in [-0.2, -0.15) is 0 Å². The third kappa shape index (κ3) is 3.56. The summed E-state index contributed by atoms with van der Waals surface area (Å²) in [7, 11) is 0. The van der Waals surface area contributed by atoms with Gasteiger partial charge >= 0.3 is 0 Å². The number of hydrogen-bond acceptors (Lipinski definition) is 2. The van der Waals surface area contributed by atoms with Gasteiger partial charge in [0, 0.05) is 24.2 Å². The molecule has 1 aromatic heterocycles. The molecule has 1 amide bonds. The van der Waals surface area contributed by atoms with Crippen molar-refractivity contribution in [1.82, 2.24) is 4.98 Å². The molecular formula is C15H14N2O. The van der Waals surface area contributed by atoms with E-state index in [4.69, 9.17) is 0 Å². The number of rotatable bonds is 3. The quantitative estimate of drug-likeness (QED) is 0.835. The SMILES string of the molecule is Cc1cccc(NC(=O)/C=C/c2ccncc2)c1. The van der Waals surface area contributed by atoms with Crippen molar-refractivity contribution in [3.63, 3.8) is 0 Å². The van der Waals surface area contributed by atoms with Crippen LogP contribution in [0.3, 0.4) is 0 Å². The number of aromatic nitrogens is 1. The molecule has 0 aliphatic rings. The van der Waals surface area contributed by atoms with E-state index in [0.29, 0.717) is 0 Å². The van der Waals surface area contributed by atoms with Gasteiger partial charge in [0.2, 0.25) is 5.91 Å². The Kier molecular flexibility index (Phi) is 3.86. The molecule has 0 radical (unpaired) electrons. The highest BCUT2D eigenvalue weighted by Crippen LogP contribution is 2.09. The second-order valence-electron chi connectivity index (χ2n) is 3.97. The molecule has 2 aromatic rings. The topological polar surface area (TPSA) is 42.0 Å². The maximum atomic E-state index is 11.7. The third-order valence-corrected chi connectivity index (χ3v) is 2.42. The van der Waals surface area contributed by atoms with Crippen molar-refractivity contribution in [2.24, 2.45) is 0 Å². The minimum atomic E-state index is -0.141. The van der Waals surface area contributed by atoms with E-state index in [1.54, 1.807) is 18.5 Å². The number of benzene rings is 1. The fourth-order valence-electron chi connectivity index (χ4n) is 1.55. The lowest BCUT2D eigenvalue weighted by molar-refractivity contribution is -0.111. The van der Waals surface area contributed by atoms with Crippen molar-refractivity contribution in [2.75, 3.05) is 5.32 Å². The Bertz CT molecular complexity index is 562. The van der Waals surface area contributed by atoms with Crippen LogP contribution in [0.4, 0.5) is 5.69 Å². The molecule has 3 nitrogen and oxygen atoms in total. The van der Waals surface area contributed by atoms with E-state index in [1.807, 2.05) is 43.3 Å². The van der Waals surface area contributed by atoms with Gasteiger partial charge in [0.15, 0.2) is 0 Å². The van der Waals surface area contributed by atoms with Gasteiger partial charge in [0.1, 0.15) is 0 Å². The van der Waals surface area contributed by atoms with Crippen molar-refractivity contribution in [2.45, 2.75) is 6.92 Å². The van der Waals surface area contributed by atoms with E-state index in [1.165, 1.54) is 6.08 Å². The number of pyridine rings is 1.